The molecule has 54 heavy (non-hydrogen) atoms. The Morgan fingerprint density at radius 1 is 0.833 bits per heavy atom. The fourth-order valence-corrected chi connectivity index (χ4v) is 13.7. The van der Waals surface area contributed by atoms with Gasteiger partial charge in [-0.05, 0) is 109 Å². The van der Waals surface area contributed by atoms with Crippen molar-refractivity contribution in [2.75, 3.05) is 0 Å². The number of esters is 3. The van der Waals surface area contributed by atoms with Crippen LogP contribution in [0.1, 0.15) is 133 Å². The van der Waals surface area contributed by atoms with Crippen molar-refractivity contribution in [2.24, 2.45) is 56.7 Å². The van der Waals surface area contributed by atoms with Gasteiger partial charge in [-0.3, -0.25) is 19.2 Å². The minimum Gasteiger partial charge on any atom is -0.479 e. The van der Waals surface area contributed by atoms with Crippen molar-refractivity contribution in [3.8, 4) is 0 Å². The number of aliphatic hydroxyl groups is 1. The summed E-state index contributed by atoms with van der Waals surface area (Å²) in [6, 6.07) is 0. The van der Waals surface area contributed by atoms with Crippen molar-refractivity contribution in [3.05, 3.63) is 11.6 Å². The van der Waals surface area contributed by atoms with Gasteiger partial charge < -0.3 is 29.2 Å². The molecule has 5 unspecified atom stereocenters. The lowest BCUT2D eigenvalue weighted by Crippen LogP contribution is -2.66. The van der Waals surface area contributed by atoms with Gasteiger partial charge in [-0.2, -0.15) is 0 Å². The predicted octanol–water partition coefficient (Wildman–Crippen LogP) is 6.61. The number of carboxylic acids is 1. The molecule has 2 N–H and O–H groups in total. The molecule has 302 valence electrons. The Balaban J connectivity index is 1.38. The number of rotatable bonds is 7. The number of aliphatic hydroxyl groups excluding tert-OH is 1. The molecule has 0 aromatic heterocycles. The SMILES string of the molecule is CC(=O)OC1[C@H]([C@H](O)C[C@]23CC[C@@H](C)[C@H](C)C2C2=CCC4[C@@]5(C)CCC(=O)C(C)(C)C5CC[C@@]4(C)[C@]2(C)CC3)OC(C(=O)O)[C@@H](OC(C)=O)[C@@H]1OC(C)=O. The molecule has 11 nitrogen and oxygen atoms in total. The quantitative estimate of drug-likeness (QED) is 0.163. The second kappa shape index (κ2) is 14.0. The fourth-order valence-electron chi connectivity index (χ4n) is 13.7. The van der Waals surface area contributed by atoms with Crippen molar-refractivity contribution in [1.29, 1.82) is 0 Å². The van der Waals surface area contributed by atoms with Crippen molar-refractivity contribution < 1.29 is 53.1 Å². The Kier molecular flexibility index (Phi) is 10.6. The topological polar surface area (TPSA) is 163 Å². The normalized spacial score (nSPS) is 45.9. The molecule has 1 aliphatic heterocycles. The van der Waals surface area contributed by atoms with Crippen LogP contribution in [0.15, 0.2) is 11.6 Å². The van der Waals surface area contributed by atoms with Crippen LogP contribution >= 0.6 is 0 Å². The second-order valence-electron chi connectivity index (χ2n) is 19.5. The summed E-state index contributed by atoms with van der Waals surface area (Å²) in [4.78, 5) is 62.8. The lowest BCUT2D eigenvalue weighted by atomic mass is 9.33. The number of Topliss-reactive ketones (excluding diaryl/α,β-unsaturated/α-hetero) is 1. The van der Waals surface area contributed by atoms with E-state index in [1.54, 1.807) is 0 Å². The van der Waals surface area contributed by atoms with Crippen LogP contribution in [-0.4, -0.2) is 76.5 Å². The van der Waals surface area contributed by atoms with Crippen LogP contribution in [0, 0.1) is 56.7 Å². The van der Waals surface area contributed by atoms with E-state index in [9.17, 15) is 34.2 Å². The van der Waals surface area contributed by atoms with Gasteiger partial charge in [-0.25, -0.2) is 4.79 Å². The number of carbonyl (C=O) groups excluding carboxylic acids is 4. The number of allylic oxidation sites excluding steroid dienone is 2. The Hall–Kier alpha value is -2.79. The summed E-state index contributed by atoms with van der Waals surface area (Å²) in [7, 11) is 0. The van der Waals surface area contributed by atoms with Crippen molar-refractivity contribution in [1.82, 2.24) is 0 Å². The maximum atomic E-state index is 13.2. The third-order valence-corrected chi connectivity index (χ3v) is 16.6. The summed E-state index contributed by atoms with van der Waals surface area (Å²) in [5, 5.41) is 22.6. The van der Waals surface area contributed by atoms with Crippen LogP contribution in [0.5, 0.6) is 0 Å². The zero-order valence-corrected chi connectivity index (χ0v) is 34.1. The van der Waals surface area contributed by atoms with Gasteiger partial charge in [0.15, 0.2) is 24.4 Å². The van der Waals surface area contributed by atoms with Crippen LogP contribution in [-0.2, 0) is 42.9 Å². The van der Waals surface area contributed by atoms with Crippen LogP contribution in [0.25, 0.3) is 0 Å². The zero-order valence-electron chi connectivity index (χ0n) is 34.1. The minimum atomic E-state index is -1.78. The van der Waals surface area contributed by atoms with Crippen LogP contribution in [0.4, 0.5) is 0 Å². The highest BCUT2D eigenvalue weighted by Gasteiger charge is 2.69. The largest absolute Gasteiger partial charge is 0.479 e. The molecule has 6 aliphatic rings. The maximum Gasteiger partial charge on any atom is 0.336 e. The van der Waals surface area contributed by atoms with E-state index in [0.717, 1.165) is 65.2 Å². The molecule has 5 fully saturated rings. The van der Waals surface area contributed by atoms with E-state index >= 15 is 0 Å². The molecule has 11 heteroatoms. The van der Waals surface area contributed by atoms with E-state index < -0.39 is 60.5 Å². The number of carbonyl (C=O) groups is 5. The first-order valence-electron chi connectivity index (χ1n) is 20.4. The van der Waals surface area contributed by atoms with E-state index in [2.05, 4.69) is 54.5 Å². The number of ketones is 1. The number of hydrogen-bond donors (Lipinski definition) is 2. The Morgan fingerprint density at radius 2 is 1.44 bits per heavy atom. The molecule has 0 spiro atoms. The third-order valence-electron chi connectivity index (χ3n) is 16.6. The van der Waals surface area contributed by atoms with Gasteiger partial charge in [0, 0.05) is 32.6 Å². The Labute approximate surface area is 320 Å². The zero-order chi connectivity index (χ0) is 39.9. The fraction of sp³-hybridized carbons (Fsp3) is 0.837. The van der Waals surface area contributed by atoms with Crippen LogP contribution in [0.2, 0.25) is 0 Å². The molecule has 15 atom stereocenters. The molecule has 0 aromatic carbocycles. The van der Waals surface area contributed by atoms with Gasteiger partial charge in [-0.15, -0.1) is 0 Å². The van der Waals surface area contributed by atoms with Gasteiger partial charge in [0.25, 0.3) is 0 Å². The summed E-state index contributed by atoms with van der Waals surface area (Å²) in [5.74, 6) is -1.76. The highest BCUT2D eigenvalue weighted by Crippen LogP contribution is 2.76. The molecule has 4 saturated carbocycles. The van der Waals surface area contributed by atoms with Gasteiger partial charge in [0.05, 0.1) is 6.10 Å². The summed E-state index contributed by atoms with van der Waals surface area (Å²) < 4.78 is 22.6. The lowest BCUT2D eigenvalue weighted by Gasteiger charge is -2.71. The number of hydrogen-bond acceptors (Lipinski definition) is 10. The van der Waals surface area contributed by atoms with E-state index in [1.807, 2.05) is 0 Å². The molecular formula is C43H64O11. The molecule has 0 radical (unpaired) electrons. The van der Waals surface area contributed by atoms with Gasteiger partial charge in [0.1, 0.15) is 11.9 Å². The standard InChI is InChI=1S/C43H64O11/c1-22-13-18-43(21-28(47)33-34(51-24(3)44)35(52-25(4)45)36(53-26(5)46)37(54-33)38(49)50)20-19-41(9)27(32(43)23(22)2)11-12-30-40(8)16-15-31(48)39(6,7)29(40)14-17-42(30,41)10/h11,22-23,28-30,32-37,47H,12-21H2,1-10H3,(H,49,50)/t22-,23+,28-,29?,30?,32?,33+,34?,35-,36+,37?,40+,41-,42-,43-/m1/s1. The number of fused-ring (bicyclic) bond motifs is 7. The molecule has 6 rings (SSSR count). The van der Waals surface area contributed by atoms with Crippen LogP contribution < -0.4 is 0 Å². The van der Waals surface area contributed by atoms with E-state index in [4.69, 9.17) is 18.9 Å². The van der Waals surface area contributed by atoms with Crippen LogP contribution in [0.3, 0.4) is 0 Å². The summed E-state index contributed by atoms with van der Waals surface area (Å²) >= 11 is 0. The number of aliphatic carboxylic acids is 1. The van der Waals surface area contributed by atoms with Gasteiger partial charge >= 0.3 is 23.9 Å². The Bertz CT molecular complexity index is 1580. The molecular weight excluding hydrogens is 692 g/mol. The average molecular weight is 757 g/mol. The molecule has 0 bridgehead atoms. The smallest absolute Gasteiger partial charge is 0.336 e. The average Bonchev–Trinajstić information content (AvgIpc) is 3.06. The predicted molar refractivity (Wildman–Crippen MR) is 198 cm³/mol. The molecule has 0 amide bonds. The lowest BCUT2D eigenvalue weighted by molar-refractivity contribution is -0.263. The highest BCUT2D eigenvalue weighted by molar-refractivity contribution is 5.85. The molecule has 1 saturated heterocycles. The summed E-state index contributed by atoms with van der Waals surface area (Å²) in [6.07, 6.45) is 2.01. The highest BCUT2D eigenvalue weighted by atomic mass is 16.7. The summed E-state index contributed by atoms with van der Waals surface area (Å²) in [5.41, 5.74) is 0.777. The molecule has 1 heterocycles. The minimum absolute atomic E-state index is 0.0224. The first kappa shape index (κ1) is 40.9. The first-order valence-corrected chi connectivity index (χ1v) is 20.4. The maximum absolute atomic E-state index is 13.2. The third kappa shape index (κ3) is 6.26. The monoisotopic (exact) mass is 756 g/mol. The number of ether oxygens (including phenoxy) is 4. The van der Waals surface area contributed by atoms with Crippen molar-refractivity contribution in [3.63, 3.8) is 0 Å². The van der Waals surface area contributed by atoms with E-state index in [0.29, 0.717) is 35.9 Å². The molecule has 0 aromatic rings. The van der Waals surface area contributed by atoms with E-state index in [-0.39, 0.29) is 39.4 Å². The first-order chi connectivity index (χ1) is 25.0. The van der Waals surface area contributed by atoms with Gasteiger partial charge in [0.2, 0.25) is 0 Å². The van der Waals surface area contributed by atoms with E-state index in [1.165, 1.54) is 12.5 Å². The Morgan fingerprint density at radius 3 is 2.06 bits per heavy atom. The van der Waals surface area contributed by atoms with Crippen molar-refractivity contribution >= 4 is 29.7 Å². The van der Waals surface area contributed by atoms with Gasteiger partial charge in [-0.1, -0.05) is 60.1 Å². The number of carboxylic acid groups (broad SMARTS) is 1. The van der Waals surface area contributed by atoms with Crippen molar-refractivity contribution in [2.45, 2.75) is 170 Å². The summed E-state index contributed by atoms with van der Waals surface area (Å²) in [6.45, 7) is 19.9. The molecule has 5 aliphatic carbocycles. The second-order valence-corrected chi connectivity index (χ2v) is 19.5.